The van der Waals surface area contributed by atoms with Gasteiger partial charge in [0.2, 0.25) is 10.0 Å². The van der Waals surface area contributed by atoms with Crippen molar-refractivity contribution in [2.75, 3.05) is 29.4 Å². The monoisotopic (exact) mass is 449 g/mol. The number of pyridine rings is 1. The molecule has 2 atom stereocenters. The first kappa shape index (κ1) is 21.1. The Morgan fingerprint density at radius 2 is 2.07 bits per heavy atom. The van der Waals surface area contributed by atoms with E-state index in [9.17, 15) is 13.2 Å². The van der Waals surface area contributed by atoms with Crippen molar-refractivity contribution in [2.45, 2.75) is 37.9 Å². The second kappa shape index (κ2) is 8.17. The van der Waals surface area contributed by atoms with Crippen LogP contribution in [0.3, 0.4) is 0 Å². The first-order valence-electron chi connectivity index (χ1n) is 9.93. The molecule has 7 nitrogen and oxygen atoms in total. The third kappa shape index (κ3) is 4.04. The highest BCUT2D eigenvalue weighted by Crippen LogP contribution is 2.31. The van der Waals surface area contributed by atoms with Crippen LogP contribution in [0, 0.1) is 6.92 Å². The third-order valence-electron chi connectivity index (χ3n) is 5.72. The van der Waals surface area contributed by atoms with E-state index in [1.165, 1.54) is 16.6 Å². The molecule has 160 valence electrons. The van der Waals surface area contributed by atoms with Gasteiger partial charge in [-0.2, -0.15) is 0 Å². The molecule has 4 rings (SSSR count). The molecule has 2 aliphatic heterocycles. The van der Waals surface area contributed by atoms with Gasteiger partial charge in [0.1, 0.15) is 5.82 Å². The summed E-state index contributed by atoms with van der Waals surface area (Å²) in [5.74, 6) is 0.192. The molecule has 1 amide bonds. The molecule has 30 heavy (non-hydrogen) atoms. The molecule has 0 spiro atoms. The number of carbonyl (C=O) groups is 1. The number of benzene rings is 1. The Kier molecular flexibility index (Phi) is 5.74. The summed E-state index contributed by atoms with van der Waals surface area (Å²) >= 11 is 6.27. The van der Waals surface area contributed by atoms with Crippen molar-refractivity contribution >= 4 is 39.0 Å². The van der Waals surface area contributed by atoms with Crippen molar-refractivity contribution in [3.63, 3.8) is 0 Å². The van der Waals surface area contributed by atoms with Crippen LogP contribution in [0.4, 0.5) is 11.5 Å². The summed E-state index contributed by atoms with van der Waals surface area (Å²) < 4.78 is 31.8. The average molecular weight is 450 g/mol. The van der Waals surface area contributed by atoms with Gasteiger partial charge in [0.15, 0.2) is 0 Å². The van der Waals surface area contributed by atoms with Crippen molar-refractivity contribution in [1.29, 1.82) is 0 Å². The molecule has 2 aliphatic rings. The van der Waals surface area contributed by atoms with Gasteiger partial charge in [0.25, 0.3) is 5.91 Å². The fourth-order valence-electron chi connectivity index (χ4n) is 3.85. The maximum Gasteiger partial charge on any atom is 0.256 e. The molecule has 3 heterocycles. The lowest BCUT2D eigenvalue weighted by atomic mass is 9.98. The number of amides is 1. The van der Waals surface area contributed by atoms with Crippen LogP contribution >= 0.6 is 11.6 Å². The normalized spacial score (nSPS) is 23.0. The minimum absolute atomic E-state index is 0.260. The third-order valence-corrected chi connectivity index (χ3v) is 8.18. The Morgan fingerprint density at radius 3 is 2.73 bits per heavy atom. The van der Waals surface area contributed by atoms with Gasteiger partial charge in [-0.1, -0.05) is 11.6 Å². The summed E-state index contributed by atoms with van der Waals surface area (Å²) in [6, 6.07) is 7.04. The van der Waals surface area contributed by atoms with E-state index in [1.807, 2.05) is 12.1 Å². The van der Waals surface area contributed by atoms with E-state index in [-0.39, 0.29) is 17.6 Å². The molecule has 2 aromatic rings. The number of anilines is 2. The molecule has 0 radical (unpaired) electrons. The van der Waals surface area contributed by atoms with Gasteiger partial charge >= 0.3 is 0 Å². The molecule has 1 aromatic carbocycles. The number of hydrogen-bond donors (Lipinski definition) is 1. The van der Waals surface area contributed by atoms with E-state index in [0.717, 1.165) is 18.6 Å². The van der Waals surface area contributed by atoms with E-state index >= 15 is 0 Å². The minimum atomic E-state index is -3.44. The van der Waals surface area contributed by atoms with Crippen LogP contribution in [0.2, 0.25) is 5.02 Å². The Bertz CT molecular complexity index is 1080. The number of halogens is 1. The summed E-state index contributed by atoms with van der Waals surface area (Å²) in [4.78, 5) is 17.2. The van der Waals surface area contributed by atoms with E-state index in [2.05, 4.69) is 10.3 Å². The predicted molar refractivity (Wildman–Crippen MR) is 117 cm³/mol. The summed E-state index contributed by atoms with van der Waals surface area (Å²) in [7, 11) is -3.44. The average Bonchev–Trinajstić information content (AvgIpc) is 3.31. The molecule has 0 aliphatic carbocycles. The molecule has 2 unspecified atom stereocenters. The van der Waals surface area contributed by atoms with Crippen LogP contribution in [0.1, 0.15) is 47.2 Å². The molecule has 1 aromatic heterocycles. The van der Waals surface area contributed by atoms with Crippen LogP contribution in [-0.2, 0) is 14.8 Å². The summed E-state index contributed by atoms with van der Waals surface area (Å²) in [5.41, 5.74) is 2.65. The molecule has 0 saturated carbocycles. The van der Waals surface area contributed by atoms with E-state index in [0.29, 0.717) is 41.4 Å². The highest BCUT2D eigenvalue weighted by Gasteiger charge is 2.36. The summed E-state index contributed by atoms with van der Waals surface area (Å²) in [6.07, 6.45) is 2.99. The molecular weight excluding hydrogens is 426 g/mol. The number of rotatable bonds is 4. The van der Waals surface area contributed by atoms with Gasteiger partial charge in [-0.15, -0.1) is 0 Å². The standard InChI is InChI=1S/C21H24ClN3O4S/c1-13-11-23-20(25-5-3-14(2)30(25,27)28)10-19(13)21(26)24-18-8-16(7-17(22)9-18)15-4-6-29-12-15/h7-11,14-15H,3-6,12H2,1-2H3,(H,24,26). The first-order chi connectivity index (χ1) is 14.3. The van der Waals surface area contributed by atoms with Crippen LogP contribution in [-0.4, -0.2) is 44.3 Å². The van der Waals surface area contributed by atoms with Gasteiger partial charge < -0.3 is 10.1 Å². The molecule has 2 fully saturated rings. The van der Waals surface area contributed by atoms with Crippen molar-refractivity contribution in [3.05, 3.63) is 52.2 Å². The van der Waals surface area contributed by atoms with Gasteiger partial charge in [-0.05, 0) is 62.1 Å². The largest absolute Gasteiger partial charge is 0.381 e. The Morgan fingerprint density at radius 1 is 1.27 bits per heavy atom. The Balaban J connectivity index is 1.60. The lowest BCUT2D eigenvalue weighted by molar-refractivity contribution is 0.102. The number of carbonyl (C=O) groups excluding carboxylic acids is 1. The highest BCUT2D eigenvalue weighted by molar-refractivity contribution is 7.93. The van der Waals surface area contributed by atoms with E-state index in [1.54, 1.807) is 19.9 Å². The number of ether oxygens (including phenoxy) is 1. The predicted octanol–water partition coefficient (Wildman–Crippen LogP) is 3.73. The van der Waals surface area contributed by atoms with Crippen LogP contribution in [0.25, 0.3) is 0 Å². The topological polar surface area (TPSA) is 88.6 Å². The van der Waals surface area contributed by atoms with Crippen molar-refractivity contribution in [3.8, 4) is 0 Å². The quantitative estimate of drug-likeness (QED) is 0.768. The molecule has 9 heteroatoms. The number of nitrogens with zero attached hydrogens (tertiary/aromatic N) is 2. The van der Waals surface area contributed by atoms with Crippen LogP contribution in [0.15, 0.2) is 30.5 Å². The van der Waals surface area contributed by atoms with Crippen LogP contribution in [0.5, 0.6) is 0 Å². The van der Waals surface area contributed by atoms with E-state index in [4.69, 9.17) is 16.3 Å². The number of hydrogen-bond acceptors (Lipinski definition) is 5. The maximum atomic E-state index is 13.0. The lowest BCUT2D eigenvalue weighted by Crippen LogP contribution is -2.29. The zero-order valence-electron chi connectivity index (χ0n) is 16.9. The Labute approximate surface area is 181 Å². The molecule has 1 N–H and O–H groups in total. The Hall–Kier alpha value is -2.16. The molecular formula is C21H24ClN3O4S. The summed E-state index contributed by atoms with van der Waals surface area (Å²) in [6.45, 7) is 5.18. The second-order valence-electron chi connectivity index (χ2n) is 7.86. The van der Waals surface area contributed by atoms with Gasteiger partial charge in [0, 0.05) is 41.5 Å². The van der Waals surface area contributed by atoms with Gasteiger partial charge in [0.05, 0.1) is 11.9 Å². The fraction of sp³-hybridized carbons (Fsp3) is 0.429. The van der Waals surface area contributed by atoms with Crippen LogP contribution < -0.4 is 9.62 Å². The molecule has 2 saturated heterocycles. The first-order valence-corrected chi connectivity index (χ1v) is 11.8. The number of sulfonamides is 1. The zero-order chi connectivity index (χ0) is 21.5. The van der Waals surface area contributed by atoms with Crippen molar-refractivity contribution in [1.82, 2.24) is 4.98 Å². The number of nitrogens with one attached hydrogen (secondary N) is 1. The van der Waals surface area contributed by atoms with Crippen molar-refractivity contribution in [2.24, 2.45) is 0 Å². The number of aromatic nitrogens is 1. The zero-order valence-corrected chi connectivity index (χ0v) is 18.5. The summed E-state index contributed by atoms with van der Waals surface area (Å²) in [5, 5.41) is 2.98. The smallest absolute Gasteiger partial charge is 0.256 e. The SMILES string of the molecule is Cc1cnc(N2CCC(C)S2(=O)=O)cc1C(=O)Nc1cc(Cl)cc(C2CCOC2)c1. The maximum absolute atomic E-state index is 13.0. The van der Waals surface area contributed by atoms with Crippen molar-refractivity contribution < 1.29 is 17.9 Å². The molecule has 0 bridgehead atoms. The highest BCUT2D eigenvalue weighted by atomic mass is 35.5. The van der Waals surface area contributed by atoms with Gasteiger partial charge in [-0.25, -0.2) is 13.4 Å². The minimum Gasteiger partial charge on any atom is -0.381 e. The second-order valence-corrected chi connectivity index (χ2v) is 10.6. The van der Waals surface area contributed by atoms with E-state index < -0.39 is 15.3 Å². The van der Waals surface area contributed by atoms with Gasteiger partial charge in [-0.3, -0.25) is 9.10 Å². The fourth-order valence-corrected chi connectivity index (χ4v) is 5.65. The lowest BCUT2D eigenvalue weighted by Gasteiger charge is -2.18. The number of aryl methyl sites for hydroxylation is 1.